The largest absolute Gasteiger partial charge is 0.479 e. The molecule has 0 aromatic carbocycles. The van der Waals surface area contributed by atoms with E-state index in [0.29, 0.717) is 36.2 Å². The molecular formula is C21H29N5O4. The number of methoxy groups -OCH3 is 1. The molecule has 2 aromatic rings. The van der Waals surface area contributed by atoms with Gasteiger partial charge in [-0.2, -0.15) is 0 Å². The molecule has 0 atom stereocenters. The van der Waals surface area contributed by atoms with E-state index in [-0.39, 0.29) is 18.1 Å². The van der Waals surface area contributed by atoms with E-state index in [9.17, 15) is 9.90 Å². The van der Waals surface area contributed by atoms with Crippen LogP contribution in [0.25, 0.3) is 11.0 Å². The summed E-state index contributed by atoms with van der Waals surface area (Å²) >= 11 is 0. The Morgan fingerprint density at radius 1 is 1.27 bits per heavy atom. The highest BCUT2D eigenvalue weighted by Gasteiger charge is 2.31. The zero-order chi connectivity index (χ0) is 21.1. The number of amides is 2. The maximum absolute atomic E-state index is 12.7. The van der Waals surface area contributed by atoms with E-state index in [4.69, 9.17) is 9.47 Å². The maximum atomic E-state index is 12.7. The van der Waals surface area contributed by atoms with Crippen LogP contribution in [0.1, 0.15) is 44.1 Å². The predicted molar refractivity (Wildman–Crippen MR) is 112 cm³/mol. The summed E-state index contributed by atoms with van der Waals surface area (Å²) in [4.78, 5) is 28.1. The molecule has 0 aliphatic carbocycles. The predicted octanol–water partition coefficient (Wildman–Crippen LogP) is 2.55. The van der Waals surface area contributed by atoms with E-state index in [2.05, 4.69) is 20.3 Å². The van der Waals surface area contributed by atoms with E-state index in [1.54, 1.807) is 18.2 Å². The first-order chi connectivity index (χ1) is 14.5. The number of ether oxygens (including phenoxy) is 2. The third-order valence-electron chi connectivity index (χ3n) is 6.30. The minimum atomic E-state index is -0.212. The van der Waals surface area contributed by atoms with Gasteiger partial charge in [0, 0.05) is 44.7 Å². The summed E-state index contributed by atoms with van der Waals surface area (Å²) < 4.78 is 10.9. The molecule has 9 heteroatoms. The van der Waals surface area contributed by atoms with E-state index in [0.717, 1.165) is 50.0 Å². The number of piperidine rings is 1. The van der Waals surface area contributed by atoms with Crippen molar-refractivity contribution in [1.29, 1.82) is 0 Å². The summed E-state index contributed by atoms with van der Waals surface area (Å²) in [5.74, 6) is 1.08. The third kappa shape index (κ3) is 4.17. The van der Waals surface area contributed by atoms with E-state index in [1.807, 2.05) is 13.1 Å². The Kier molecular flexibility index (Phi) is 6.01. The Labute approximate surface area is 175 Å². The summed E-state index contributed by atoms with van der Waals surface area (Å²) in [6.07, 6.45) is 6.79. The van der Waals surface area contributed by atoms with Crippen LogP contribution in [0.4, 0.5) is 10.6 Å². The number of rotatable bonds is 4. The van der Waals surface area contributed by atoms with E-state index < -0.39 is 0 Å². The molecule has 0 saturated carbocycles. The van der Waals surface area contributed by atoms with Crippen LogP contribution in [0, 0.1) is 5.41 Å². The van der Waals surface area contributed by atoms with Gasteiger partial charge in [-0.25, -0.2) is 14.8 Å². The lowest BCUT2D eigenvalue weighted by Gasteiger charge is -2.38. The summed E-state index contributed by atoms with van der Waals surface area (Å²) in [5, 5.41) is 12.4. The molecule has 0 bridgehead atoms. The van der Waals surface area contributed by atoms with Crippen molar-refractivity contribution < 1.29 is 19.4 Å². The van der Waals surface area contributed by atoms with Crippen molar-refractivity contribution in [2.24, 2.45) is 5.41 Å². The van der Waals surface area contributed by atoms with Crippen molar-refractivity contribution in [3.8, 4) is 5.88 Å². The summed E-state index contributed by atoms with van der Waals surface area (Å²) in [7, 11) is 1.55. The Hall–Kier alpha value is -2.52. The fourth-order valence-corrected chi connectivity index (χ4v) is 4.11. The highest BCUT2D eigenvalue weighted by Crippen LogP contribution is 2.34. The van der Waals surface area contributed by atoms with Gasteiger partial charge in [0.05, 0.1) is 18.8 Å². The molecular weight excluding hydrogens is 386 g/mol. The molecule has 2 amide bonds. The minimum absolute atomic E-state index is 0.112. The van der Waals surface area contributed by atoms with Gasteiger partial charge in [-0.15, -0.1) is 0 Å². The van der Waals surface area contributed by atoms with Crippen LogP contribution in [0.5, 0.6) is 5.88 Å². The number of hydrogen-bond acceptors (Lipinski definition) is 7. The van der Waals surface area contributed by atoms with E-state index >= 15 is 0 Å². The van der Waals surface area contributed by atoms with Crippen LogP contribution in [-0.4, -0.2) is 71.0 Å². The van der Waals surface area contributed by atoms with Gasteiger partial charge in [0.1, 0.15) is 0 Å². The number of hydrogen-bond donors (Lipinski definition) is 2. The molecule has 2 saturated heterocycles. The molecule has 162 valence electrons. The molecule has 2 aliphatic heterocycles. The number of carbonyl (C=O) groups excluding carboxylic acids is 1. The first kappa shape index (κ1) is 20.7. The molecule has 2 fully saturated rings. The second-order valence-electron chi connectivity index (χ2n) is 8.45. The number of aromatic nitrogens is 3. The fraction of sp³-hybridized carbons (Fsp3) is 0.619. The average Bonchev–Trinajstić information content (AvgIpc) is 2.79. The lowest BCUT2D eigenvalue weighted by Crippen LogP contribution is -2.45. The van der Waals surface area contributed by atoms with Crippen molar-refractivity contribution in [2.75, 3.05) is 45.3 Å². The van der Waals surface area contributed by atoms with Gasteiger partial charge in [-0.05, 0) is 37.0 Å². The minimum Gasteiger partial charge on any atom is -0.479 e. The van der Waals surface area contributed by atoms with Gasteiger partial charge in [0.25, 0.3) is 0 Å². The highest BCUT2D eigenvalue weighted by atomic mass is 16.5. The second kappa shape index (κ2) is 8.69. The summed E-state index contributed by atoms with van der Waals surface area (Å²) in [6.45, 7) is 4.84. The average molecular weight is 415 g/mol. The first-order valence-corrected chi connectivity index (χ1v) is 10.5. The number of nitrogens with one attached hydrogen (secondary N) is 1. The molecule has 2 N–H and O–H groups in total. The number of aliphatic hydroxyl groups is 1. The van der Waals surface area contributed by atoms with Crippen molar-refractivity contribution in [3.63, 3.8) is 0 Å². The molecule has 4 heterocycles. The Morgan fingerprint density at radius 2 is 2.00 bits per heavy atom. The van der Waals surface area contributed by atoms with E-state index in [1.165, 1.54) is 0 Å². The molecule has 4 rings (SSSR count). The van der Waals surface area contributed by atoms with Gasteiger partial charge < -0.3 is 19.5 Å². The Balaban J connectivity index is 1.54. The van der Waals surface area contributed by atoms with Gasteiger partial charge in [0.2, 0.25) is 5.88 Å². The molecule has 9 nitrogen and oxygen atoms in total. The SMILES string of the molecule is COc1ncc(C2CCOCC2)c2ncc(NC(=O)N3CCC(C)(CO)CC3)nc12. The van der Waals surface area contributed by atoms with Crippen LogP contribution in [0.15, 0.2) is 12.4 Å². The van der Waals surface area contributed by atoms with Crippen LogP contribution in [-0.2, 0) is 4.74 Å². The smallest absolute Gasteiger partial charge is 0.323 e. The molecule has 2 aromatic heterocycles. The first-order valence-electron chi connectivity index (χ1n) is 10.5. The lowest BCUT2D eigenvalue weighted by molar-refractivity contribution is 0.0727. The van der Waals surface area contributed by atoms with Gasteiger partial charge in [-0.3, -0.25) is 10.3 Å². The number of fused-ring (bicyclic) bond motifs is 1. The summed E-state index contributed by atoms with van der Waals surface area (Å²) in [6, 6.07) is -0.212. The number of urea groups is 1. The van der Waals surface area contributed by atoms with Crippen LogP contribution in [0.2, 0.25) is 0 Å². The zero-order valence-corrected chi connectivity index (χ0v) is 17.6. The van der Waals surface area contributed by atoms with Gasteiger partial charge in [0.15, 0.2) is 11.3 Å². The van der Waals surface area contributed by atoms with Crippen molar-refractivity contribution >= 4 is 22.9 Å². The molecule has 0 spiro atoms. The molecule has 2 aliphatic rings. The number of likely N-dealkylation sites (tertiary alicyclic amines) is 1. The topological polar surface area (TPSA) is 110 Å². The zero-order valence-electron chi connectivity index (χ0n) is 17.6. The Morgan fingerprint density at radius 3 is 2.67 bits per heavy atom. The van der Waals surface area contributed by atoms with Crippen molar-refractivity contribution in [1.82, 2.24) is 19.9 Å². The maximum Gasteiger partial charge on any atom is 0.323 e. The molecule has 30 heavy (non-hydrogen) atoms. The second-order valence-corrected chi connectivity index (χ2v) is 8.45. The van der Waals surface area contributed by atoms with Gasteiger partial charge in [-0.1, -0.05) is 6.92 Å². The molecule has 0 radical (unpaired) electrons. The standard InChI is InChI=1S/C21H29N5O4/c1-21(13-27)5-7-26(8-6-21)20(28)25-16-12-22-17-15(14-3-9-30-10-4-14)11-23-19(29-2)18(17)24-16/h11-12,14,27H,3-10,13H2,1-2H3,(H,24,25,28). The van der Waals surface area contributed by atoms with Crippen molar-refractivity contribution in [3.05, 3.63) is 18.0 Å². The monoisotopic (exact) mass is 415 g/mol. The summed E-state index contributed by atoms with van der Waals surface area (Å²) in [5.41, 5.74) is 2.23. The highest BCUT2D eigenvalue weighted by molar-refractivity contribution is 5.90. The number of pyridine rings is 1. The molecule has 0 unspecified atom stereocenters. The van der Waals surface area contributed by atoms with Crippen LogP contribution < -0.4 is 10.1 Å². The number of aliphatic hydroxyl groups excluding tert-OH is 1. The van der Waals surface area contributed by atoms with Gasteiger partial charge >= 0.3 is 6.03 Å². The normalized spacial score (nSPS) is 19.6. The quantitative estimate of drug-likeness (QED) is 0.790. The number of nitrogens with zero attached hydrogens (tertiary/aromatic N) is 4. The fourth-order valence-electron chi connectivity index (χ4n) is 4.11. The number of anilines is 1. The van der Waals surface area contributed by atoms with Crippen LogP contribution in [0.3, 0.4) is 0 Å². The number of carbonyl (C=O) groups is 1. The van der Waals surface area contributed by atoms with Crippen LogP contribution >= 0.6 is 0 Å². The third-order valence-corrected chi connectivity index (χ3v) is 6.30. The van der Waals surface area contributed by atoms with Crippen molar-refractivity contribution in [2.45, 2.75) is 38.5 Å². The lowest BCUT2D eigenvalue weighted by atomic mass is 9.81. The Bertz CT molecular complexity index is 908.